The Kier molecular flexibility index (Phi) is 5.99. The van der Waals surface area contributed by atoms with Gasteiger partial charge in [-0.2, -0.15) is 0 Å². The quantitative estimate of drug-likeness (QED) is 0.412. The van der Waals surface area contributed by atoms with Crippen molar-refractivity contribution in [2.75, 3.05) is 0 Å². The molecule has 0 radical (unpaired) electrons. The number of non-ortho nitro benzene ring substituents is 1. The highest BCUT2D eigenvalue weighted by Crippen LogP contribution is 2.50. The lowest BCUT2D eigenvalue weighted by Gasteiger charge is -2.48. The highest BCUT2D eigenvalue weighted by molar-refractivity contribution is 5.41. The number of nitro benzene ring substituents is 1. The van der Waals surface area contributed by atoms with Crippen LogP contribution in [0.25, 0.3) is 0 Å². The van der Waals surface area contributed by atoms with Gasteiger partial charge < -0.3 is 0 Å². The number of nitro groups is 1. The SMILES string of the molecule is CCC[C@@](C)(c1ccccc1)[C@](C)(CCC)c1ccc([N+](=O)[O-])cc1. The van der Waals surface area contributed by atoms with Crippen molar-refractivity contribution in [1.29, 1.82) is 0 Å². The van der Waals surface area contributed by atoms with Crippen molar-refractivity contribution < 1.29 is 4.92 Å². The summed E-state index contributed by atoms with van der Waals surface area (Å²) in [7, 11) is 0. The van der Waals surface area contributed by atoms with E-state index in [0.717, 1.165) is 25.7 Å². The third kappa shape index (κ3) is 3.60. The topological polar surface area (TPSA) is 43.1 Å². The van der Waals surface area contributed by atoms with Gasteiger partial charge in [0, 0.05) is 23.0 Å². The van der Waals surface area contributed by atoms with E-state index >= 15 is 0 Å². The van der Waals surface area contributed by atoms with Crippen molar-refractivity contribution in [2.45, 2.75) is 64.2 Å². The van der Waals surface area contributed by atoms with Gasteiger partial charge in [0.15, 0.2) is 0 Å². The first-order valence-electron chi connectivity index (χ1n) is 9.19. The molecule has 2 aromatic rings. The van der Waals surface area contributed by atoms with Gasteiger partial charge in [0.05, 0.1) is 4.92 Å². The number of rotatable bonds is 8. The van der Waals surface area contributed by atoms with E-state index in [1.165, 1.54) is 11.1 Å². The summed E-state index contributed by atoms with van der Waals surface area (Å²) in [5.41, 5.74) is 2.55. The summed E-state index contributed by atoms with van der Waals surface area (Å²) in [6.07, 6.45) is 4.28. The normalized spacial score (nSPS) is 16.0. The maximum absolute atomic E-state index is 11.0. The van der Waals surface area contributed by atoms with Crippen LogP contribution in [0.2, 0.25) is 0 Å². The first-order chi connectivity index (χ1) is 11.9. The predicted molar refractivity (Wildman–Crippen MR) is 104 cm³/mol. The van der Waals surface area contributed by atoms with Gasteiger partial charge in [0.25, 0.3) is 5.69 Å². The van der Waals surface area contributed by atoms with Gasteiger partial charge in [-0.05, 0) is 24.0 Å². The Balaban J connectivity index is 2.60. The minimum Gasteiger partial charge on any atom is -0.258 e. The van der Waals surface area contributed by atoms with E-state index in [-0.39, 0.29) is 21.4 Å². The van der Waals surface area contributed by atoms with E-state index in [4.69, 9.17) is 0 Å². The van der Waals surface area contributed by atoms with Crippen LogP contribution in [0.15, 0.2) is 54.6 Å². The van der Waals surface area contributed by atoms with Crippen LogP contribution < -0.4 is 0 Å². The van der Waals surface area contributed by atoms with Crippen LogP contribution in [0.3, 0.4) is 0 Å². The lowest BCUT2D eigenvalue weighted by Crippen LogP contribution is -2.45. The molecule has 0 saturated heterocycles. The van der Waals surface area contributed by atoms with E-state index in [2.05, 4.69) is 58.0 Å². The Labute approximate surface area is 151 Å². The fraction of sp³-hybridized carbons (Fsp3) is 0.455. The van der Waals surface area contributed by atoms with Gasteiger partial charge in [-0.15, -0.1) is 0 Å². The highest BCUT2D eigenvalue weighted by Gasteiger charge is 2.45. The Morgan fingerprint density at radius 2 is 1.24 bits per heavy atom. The maximum atomic E-state index is 11.0. The third-order valence-corrected chi connectivity index (χ3v) is 5.84. The van der Waals surface area contributed by atoms with E-state index in [1.54, 1.807) is 12.1 Å². The molecule has 0 spiro atoms. The van der Waals surface area contributed by atoms with E-state index in [0.29, 0.717) is 0 Å². The molecule has 25 heavy (non-hydrogen) atoms. The van der Waals surface area contributed by atoms with Crippen molar-refractivity contribution in [1.82, 2.24) is 0 Å². The number of hydrogen-bond acceptors (Lipinski definition) is 2. The molecule has 3 nitrogen and oxygen atoms in total. The third-order valence-electron chi connectivity index (χ3n) is 5.84. The van der Waals surface area contributed by atoms with Crippen LogP contribution in [0.1, 0.15) is 64.5 Å². The van der Waals surface area contributed by atoms with Crippen LogP contribution in [-0.4, -0.2) is 4.92 Å². The lowest BCUT2D eigenvalue weighted by atomic mass is 9.55. The van der Waals surface area contributed by atoms with Crippen LogP contribution in [0, 0.1) is 10.1 Å². The molecular weight excluding hydrogens is 310 g/mol. The predicted octanol–water partition coefficient (Wildman–Crippen LogP) is 6.41. The molecule has 0 unspecified atom stereocenters. The van der Waals surface area contributed by atoms with E-state index < -0.39 is 0 Å². The average Bonchev–Trinajstić information content (AvgIpc) is 2.62. The van der Waals surface area contributed by atoms with Crippen molar-refractivity contribution in [3.8, 4) is 0 Å². The molecule has 134 valence electrons. The second-order valence-corrected chi connectivity index (χ2v) is 7.33. The standard InChI is InChI=1S/C22H29NO2/c1-5-16-21(3,18-10-8-7-9-11-18)22(4,17-6-2)19-12-14-20(15-13-19)23(24)25/h7-15H,5-6,16-17H2,1-4H3/t21-,22+/m0/s1. The Morgan fingerprint density at radius 1 is 0.800 bits per heavy atom. The van der Waals surface area contributed by atoms with Gasteiger partial charge in [-0.25, -0.2) is 0 Å². The largest absolute Gasteiger partial charge is 0.269 e. The van der Waals surface area contributed by atoms with Crippen molar-refractivity contribution in [2.24, 2.45) is 0 Å². The zero-order valence-corrected chi connectivity index (χ0v) is 15.8. The molecule has 0 aliphatic heterocycles. The zero-order valence-electron chi connectivity index (χ0n) is 15.8. The fourth-order valence-electron chi connectivity index (χ4n) is 4.23. The average molecular weight is 339 g/mol. The monoisotopic (exact) mass is 339 g/mol. The molecule has 2 atom stereocenters. The van der Waals surface area contributed by atoms with Crippen molar-refractivity contribution in [3.05, 3.63) is 75.8 Å². The summed E-state index contributed by atoms with van der Waals surface area (Å²) >= 11 is 0. The Morgan fingerprint density at radius 3 is 1.64 bits per heavy atom. The molecule has 0 bridgehead atoms. The first kappa shape index (κ1) is 19.2. The smallest absolute Gasteiger partial charge is 0.258 e. The molecule has 2 aromatic carbocycles. The second kappa shape index (κ2) is 7.81. The molecule has 0 saturated carbocycles. The van der Waals surface area contributed by atoms with Gasteiger partial charge in [-0.3, -0.25) is 10.1 Å². The van der Waals surface area contributed by atoms with Gasteiger partial charge in [0.1, 0.15) is 0 Å². The molecule has 0 aliphatic carbocycles. The first-order valence-corrected chi connectivity index (χ1v) is 9.19. The second-order valence-electron chi connectivity index (χ2n) is 7.33. The maximum Gasteiger partial charge on any atom is 0.269 e. The fourth-order valence-corrected chi connectivity index (χ4v) is 4.23. The molecule has 2 rings (SSSR count). The molecule has 0 fully saturated rings. The summed E-state index contributed by atoms with van der Waals surface area (Å²) in [5.74, 6) is 0. The highest BCUT2D eigenvalue weighted by atomic mass is 16.6. The van der Waals surface area contributed by atoms with Crippen molar-refractivity contribution in [3.63, 3.8) is 0 Å². The Hall–Kier alpha value is -2.16. The zero-order chi connectivity index (χ0) is 18.5. The number of hydrogen-bond donors (Lipinski definition) is 0. The van der Waals surface area contributed by atoms with Crippen molar-refractivity contribution >= 4 is 5.69 Å². The van der Waals surface area contributed by atoms with Crippen LogP contribution in [-0.2, 0) is 10.8 Å². The number of benzene rings is 2. The summed E-state index contributed by atoms with van der Waals surface area (Å²) in [6, 6.07) is 17.9. The van der Waals surface area contributed by atoms with Gasteiger partial charge in [0.2, 0.25) is 0 Å². The van der Waals surface area contributed by atoms with Crippen LogP contribution >= 0.6 is 0 Å². The van der Waals surface area contributed by atoms with E-state index in [9.17, 15) is 10.1 Å². The van der Waals surface area contributed by atoms with Gasteiger partial charge >= 0.3 is 0 Å². The molecule has 0 aromatic heterocycles. The molecule has 0 heterocycles. The van der Waals surface area contributed by atoms with Gasteiger partial charge in [-0.1, -0.05) is 83.0 Å². The Bertz CT molecular complexity index is 696. The molecule has 3 heteroatoms. The lowest BCUT2D eigenvalue weighted by molar-refractivity contribution is -0.384. The number of nitrogens with zero attached hydrogens (tertiary/aromatic N) is 1. The summed E-state index contributed by atoms with van der Waals surface area (Å²) in [4.78, 5) is 10.7. The van der Waals surface area contributed by atoms with Crippen LogP contribution in [0.5, 0.6) is 0 Å². The molecule has 0 aliphatic rings. The minimum atomic E-state index is -0.330. The van der Waals surface area contributed by atoms with E-state index in [1.807, 2.05) is 12.1 Å². The summed E-state index contributed by atoms with van der Waals surface area (Å²) in [5, 5.41) is 11.0. The molecular formula is C22H29NO2. The van der Waals surface area contributed by atoms with Crippen LogP contribution in [0.4, 0.5) is 5.69 Å². The summed E-state index contributed by atoms with van der Waals surface area (Å²) in [6.45, 7) is 9.10. The summed E-state index contributed by atoms with van der Waals surface area (Å²) < 4.78 is 0. The minimum absolute atomic E-state index is 0.0326. The molecule has 0 N–H and O–H groups in total. The molecule has 0 amide bonds.